The van der Waals surface area contributed by atoms with Gasteiger partial charge in [-0.2, -0.15) is 0 Å². The van der Waals surface area contributed by atoms with Crippen LogP contribution in [0.15, 0.2) is 79.5 Å². The van der Waals surface area contributed by atoms with Gasteiger partial charge in [0.15, 0.2) is 5.17 Å². The zero-order chi connectivity index (χ0) is 24.2. The molecule has 2 N–H and O–H groups in total. The maximum absolute atomic E-state index is 12.4. The quantitative estimate of drug-likeness (QED) is 0.307. The van der Waals surface area contributed by atoms with E-state index >= 15 is 0 Å². The van der Waals surface area contributed by atoms with Crippen LogP contribution in [0.25, 0.3) is 6.08 Å². The number of hydrogen-bond acceptors (Lipinski definition) is 5. The zero-order valence-corrected chi connectivity index (χ0v) is 21.8. The lowest BCUT2D eigenvalue weighted by Gasteiger charge is -2.12. The van der Waals surface area contributed by atoms with Gasteiger partial charge >= 0.3 is 5.97 Å². The fourth-order valence-electron chi connectivity index (χ4n) is 3.07. The van der Waals surface area contributed by atoms with Gasteiger partial charge in [-0.15, -0.1) is 0 Å². The van der Waals surface area contributed by atoms with Gasteiger partial charge in [-0.3, -0.25) is 4.79 Å². The number of amidine groups is 1. The van der Waals surface area contributed by atoms with Crippen LogP contribution in [0.1, 0.15) is 27.0 Å². The fourth-order valence-corrected chi connectivity index (χ4v) is 5.36. The molecule has 0 unspecified atom stereocenters. The molecule has 6 nitrogen and oxygen atoms in total. The van der Waals surface area contributed by atoms with Crippen LogP contribution in [0.5, 0.6) is 5.75 Å². The molecular formula is C25H18Br2N2O4S. The van der Waals surface area contributed by atoms with Crippen molar-refractivity contribution in [1.82, 2.24) is 5.32 Å². The van der Waals surface area contributed by atoms with Gasteiger partial charge < -0.3 is 15.2 Å². The zero-order valence-electron chi connectivity index (χ0n) is 17.8. The Morgan fingerprint density at radius 3 is 2.35 bits per heavy atom. The van der Waals surface area contributed by atoms with Crippen molar-refractivity contribution in [2.75, 3.05) is 0 Å². The number of aryl methyl sites for hydroxylation is 1. The fraction of sp³-hybridized carbons (Fsp3) is 0.0800. The highest BCUT2D eigenvalue weighted by atomic mass is 79.9. The first-order chi connectivity index (χ1) is 16.3. The van der Waals surface area contributed by atoms with E-state index in [2.05, 4.69) is 42.2 Å². The summed E-state index contributed by atoms with van der Waals surface area (Å²) in [5.74, 6) is -0.562. The monoisotopic (exact) mass is 600 g/mol. The molecule has 1 amide bonds. The highest BCUT2D eigenvalue weighted by molar-refractivity contribution is 9.11. The van der Waals surface area contributed by atoms with Crippen molar-refractivity contribution >= 4 is 72.4 Å². The van der Waals surface area contributed by atoms with E-state index in [1.54, 1.807) is 30.3 Å². The lowest BCUT2D eigenvalue weighted by Crippen LogP contribution is -2.19. The summed E-state index contributed by atoms with van der Waals surface area (Å²) in [5.41, 5.74) is 3.80. The van der Waals surface area contributed by atoms with Gasteiger partial charge in [-0.25, -0.2) is 9.79 Å². The second-order valence-electron chi connectivity index (χ2n) is 7.42. The van der Waals surface area contributed by atoms with Crippen LogP contribution in [0, 0.1) is 6.92 Å². The second kappa shape index (κ2) is 10.6. The van der Waals surface area contributed by atoms with Crippen LogP contribution in [0.4, 0.5) is 5.69 Å². The number of amides is 1. The van der Waals surface area contributed by atoms with E-state index in [4.69, 9.17) is 9.84 Å². The molecule has 0 radical (unpaired) electrons. The largest absolute Gasteiger partial charge is 0.487 e. The molecular weight excluding hydrogens is 584 g/mol. The number of halogens is 2. The summed E-state index contributed by atoms with van der Waals surface area (Å²) >= 11 is 8.36. The molecule has 4 rings (SSSR count). The number of carboxylic acid groups (broad SMARTS) is 1. The van der Waals surface area contributed by atoms with Crippen LogP contribution >= 0.6 is 43.6 Å². The van der Waals surface area contributed by atoms with Crippen LogP contribution in [-0.4, -0.2) is 22.2 Å². The van der Waals surface area contributed by atoms with E-state index in [1.165, 1.54) is 11.8 Å². The first-order valence-corrected chi connectivity index (χ1v) is 12.5. The average molecular weight is 602 g/mol. The van der Waals surface area contributed by atoms with Gasteiger partial charge in [-0.05, 0) is 104 Å². The van der Waals surface area contributed by atoms with Gasteiger partial charge in [0.05, 0.1) is 25.1 Å². The maximum Gasteiger partial charge on any atom is 0.335 e. The number of carbonyl (C=O) groups is 2. The Bertz CT molecular complexity index is 1300. The number of nitrogens with one attached hydrogen (secondary N) is 1. The maximum atomic E-state index is 12.4. The van der Waals surface area contributed by atoms with E-state index in [9.17, 15) is 9.59 Å². The number of carboxylic acids is 1. The van der Waals surface area contributed by atoms with Crippen molar-refractivity contribution in [3.8, 4) is 5.75 Å². The van der Waals surface area contributed by atoms with E-state index in [-0.39, 0.29) is 18.1 Å². The van der Waals surface area contributed by atoms with Crippen LogP contribution in [-0.2, 0) is 11.4 Å². The summed E-state index contributed by atoms with van der Waals surface area (Å²) in [6.45, 7) is 2.28. The lowest BCUT2D eigenvalue weighted by molar-refractivity contribution is -0.115. The summed E-state index contributed by atoms with van der Waals surface area (Å²) < 4.78 is 7.36. The summed E-state index contributed by atoms with van der Waals surface area (Å²) in [4.78, 5) is 28.4. The first kappa shape index (κ1) is 24.3. The van der Waals surface area contributed by atoms with Crippen LogP contribution < -0.4 is 10.1 Å². The molecule has 0 aliphatic carbocycles. The number of rotatable bonds is 6. The van der Waals surface area contributed by atoms with Gasteiger partial charge in [0.25, 0.3) is 5.91 Å². The Morgan fingerprint density at radius 2 is 1.74 bits per heavy atom. The highest BCUT2D eigenvalue weighted by Crippen LogP contribution is 2.37. The van der Waals surface area contributed by atoms with E-state index in [1.807, 2.05) is 43.3 Å². The topological polar surface area (TPSA) is 88.0 Å². The number of carbonyl (C=O) groups excluding carboxylic acids is 1. The summed E-state index contributed by atoms with van der Waals surface area (Å²) in [6.07, 6.45) is 1.79. The van der Waals surface area contributed by atoms with Crippen molar-refractivity contribution in [1.29, 1.82) is 0 Å². The predicted octanol–water partition coefficient (Wildman–Crippen LogP) is 6.69. The molecule has 0 aromatic heterocycles. The van der Waals surface area contributed by atoms with Crippen molar-refractivity contribution in [2.45, 2.75) is 13.5 Å². The number of nitrogens with zero attached hydrogens (tertiary/aromatic N) is 1. The lowest BCUT2D eigenvalue weighted by atomic mass is 10.1. The molecule has 0 saturated carbocycles. The van der Waals surface area contributed by atoms with E-state index in [0.29, 0.717) is 24.8 Å². The van der Waals surface area contributed by atoms with Crippen molar-refractivity contribution < 1.29 is 19.4 Å². The molecule has 1 heterocycles. The van der Waals surface area contributed by atoms with Gasteiger partial charge in [0, 0.05) is 0 Å². The first-order valence-electron chi connectivity index (χ1n) is 10.1. The molecule has 1 saturated heterocycles. The molecule has 9 heteroatoms. The summed E-state index contributed by atoms with van der Waals surface area (Å²) in [6, 6.07) is 18.0. The van der Waals surface area contributed by atoms with Crippen molar-refractivity contribution in [2.24, 2.45) is 4.99 Å². The van der Waals surface area contributed by atoms with Gasteiger partial charge in [-0.1, -0.05) is 29.8 Å². The Labute approximate surface area is 217 Å². The molecule has 172 valence electrons. The van der Waals surface area contributed by atoms with E-state index < -0.39 is 5.97 Å². The Kier molecular flexibility index (Phi) is 7.55. The molecule has 3 aromatic rings. The SMILES string of the molecule is Cc1ccc(N=C2NC(=O)/C(=C\c3cc(Br)c(OCc4ccc(C(=O)O)cc4)c(Br)c3)S2)cc1. The van der Waals surface area contributed by atoms with Crippen molar-refractivity contribution in [3.05, 3.63) is 96.8 Å². The number of benzene rings is 3. The summed E-state index contributed by atoms with van der Waals surface area (Å²) in [7, 11) is 0. The minimum atomic E-state index is -0.967. The number of aliphatic imine (C=N–C) groups is 1. The number of ether oxygens (including phenoxy) is 1. The van der Waals surface area contributed by atoms with Crippen molar-refractivity contribution in [3.63, 3.8) is 0 Å². The molecule has 0 bridgehead atoms. The number of aromatic carboxylic acids is 1. The van der Waals surface area contributed by atoms with Gasteiger partial charge in [0.1, 0.15) is 12.4 Å². The molecule has 0 spiro atoms. The normalized spacial score (nSPS) is 15.6. The molecule has 3 aromatic carbocycles. The predicted molar refractivity (Wildman–Crippen MR) is 142 cm³/mol. The van der Waals surface area contributed by atoms with E-state index in [0.717, 1.165) is 22.4 Å². The number of hydrogen-bond donors (Lipinski definition) is 2. The molecule has 1 aliphatic rings. The van der Waals surface area contributed by atoms with Crippen LogP contribution in [0.3, 0.4) is 0 Å². The summed E-state index contributed by atoms with van der Waals surface area (Å²) in [5, 5.41) is 12.3. The third-order valence-corrected chi connectivity index (χ3v) is 6.91. The smallest absolute Gasteiger partial charge is 0.335 e. The number of thioether (sulfide) groups is 1. The van der Waals surface area contributed by atoms with Crippen LogP contribution in [0.2, 0.25) is 0 Å². The minimum absolute atomic E-state index is 0.201. The highest BCUT2D eigenvalue weighted by Gasteiger charge is 2.24. The molecule has 1 fully saturated rings. The van der Waals surface area contributed by atoms with Gasteiger partial charge in [0.2, 0.25) is 0 Å². The Hall–Kier alpha value is -2.88. The third-order valence-electron chi connectivity index (χ3n) is 4.82. The standard InChI is InChI=1S/C25H18Br2N2O4S/c1-14-2-8-18(9-3-14)28-25-29-23(30)21(34-25)12-16-10-19(26)22(20(27)11-16)33-13-15-4-6-17(7-5-15)24(31)32/h2-12H,13H2,1H3,(H,31,32)(H,28,29,30)/b21-12+. The Morgan fingerprint density at radius 1 is 1.09 bits per heavy atom. The molecule has 1 aliphatic heterocycles. The molecule has 34 heavy (non-hydrogen) atoms. The second-order valence-corrected chi connectivity index (χ2v) is 10.2. The third kappa shape index (κ3) is 5.97. The molecule has 0 atom stereocenters. The minimum Gasteiger partial charge on any atom is -0.487 e. The average Bonchev–Trinajstić information content (AvgIpc) is 3.13. The Balaban J connectivity index is 1.47.